The fourth-order valence-corrected chi connectivity index (χ4v) is 5.08. The van der Waals surface area contributed by atoms with Crippen LogP contribution in [0.15, 0.2) is 78.4 Å². The van der Waals surface area contributed by atoms with Crippen molar-refractivity contribution < 1.29 is 23.9 Å². The van der Waals surface area contributed by atoms with Gasteiger partial charge in [0.05, 0.1) is 5.69 Å². The molecule has 7 heteroatoms. The molecule has 1 saturated heterocycles. The van der Waals surface area contributed by atoms with E-state index in [1.54, 1.807) is 42.5 Å². The summed E-state index contributed by atoms with van der Waals surface area (Å²) in [5, 5.41) is 2.25. The Kier molecular flexibility index (Phi) is 8.06. The third kappa shape index (κ3) is 6.37. The summed E-state index contributed by atoms with van der Waals surface area (Å²) in [5.41, 5.74) is 3.21. The lowest BCUT2D eigenvalue weighted by Gasteiger charge is -2.26. The summed E-state index contributed by atoms with van der Waals surface area (Å²) in [4.78, 5) is 38.9. The molecule has 0 spiro atoms. The lowest BCUT2D eigenvalue weighted by molar-refractivity contribution is -0.122. The van der Waals surface area contributed by atoms with Crippen molar-refractivity contribution >= 4 is 29.6 Å². The van der Waals surface area contributed by atoms with E-state index in [0.29, 0.717) is 36.1 Å². The highest BCUT2D eigenvalue weighted by Crippen LogP contribution is 2.33. The van der Waals surface area contributed by atoms with Crippen LogP contribution in [0.2, 0.25) is 0 Å². The van der Waals surface area contributed by atoms with Crippen LogP contribution in [0.5, 0.6) is 11.5 Å². The van der Waals surface area contributed by atoms with Gasteiger partial charge in [0.1, 0.15) is 30.3 Å². The van der Waals surface area contributed by atoms with E-state index in [-0.39, 0.29) is 5.57 Å². The summed E-state index contributed by atoms with van der Waals surface area (Å²) in [6, 6.07) is 21.7. The second-order valence-electron chi connectivity index (χ2n) is 9.97. The lowest BCUT2D eigenvalue weighted by Crippen LogP contribution is -2.54. The summed E-state index contributed by atoms with van der Waals surface area (Å²) in [7, 11) is 0. The highest BCUT2D eigenvalue weighted by atomic mass is 16.5. The number of carbonyl (C=O) groups excluding carboxylic acids is 3. The summed E-state index contributed by atoms with van der Waals surface area (Å²) in [6.07, 6.45) is 8.01. The fraction of sp³-hybridized carbons (Fsp3) is 0.281. The minimum Gasteiger partial charge on any atom is -0.490 e. The van der Waals surface area contributed by atoms with Crippen molar-refractivity contribution in [3.05, 3.63) is 95.1 Å². The molecule has 0 atom stereocenters. The van der Waals surface area contributed by atoms with E-state index < -0.39 is 17.8 Å². The lowest BCUT2D eigenvalue weighted by atomic mass is 9.84. The average molecular weight is 525 g/mol. The van der Waals surface area contributed by atoms with Gasteiger partial charge < -0.3 is 9.47 Å². The van der Waals surface area contributed by atoms with Gasteiger partial charge in [-0.1, -0.05) is 55.7 Å². The number of urea groups is 1. The van der Waals surface area contributed by atoms with Crippen molar-refractivity contribution in [3.63, 3.8) is 0 Å². The Labute approximate surface area is 228 Å². The molecule has 5 rings (SSSR count). The van der Waals surface area contributed by atoms with Gasteiger partial charge in [-0.2, -0.15) is 0 Å². The molecule has 0 unspecified atom stereocenters. The molecule has 3 aromatic rings. The molecule has 1 heterocycles. The van der Waals surface area contributed by atoms with Crippen LogP contribution in [-0.4, -0.2) is 31.1 Å². The molecular weight excluding hydrogens is 492 g/mol. The molecule has 3 aromatic carbocycles. The number of benzene rings is 3. The van der Waals surface area contributed by atoms with Crippen LogP contribution in [0.4, 0.5) is 10.5 Å². The number of imide groups is 2. The van der Waals surface area contributed by atoms with Crippen LogP contribution in [0.25, 0.3) is 6.08 Å². The Bertz CT molecular complexity index is 1370. The predicted molar refractivity (Wildman–Crippen MR) is 150 cm³/mol. The van der Waals surface area contributed by atoms with Gasteiger partial charge in [0.2, 0.25) is 0 Å². The molecular formula is C32H32N2O5. The van der Waals surface area contributed by atoms with E-state index in [9.17, 15) is 14.4 Å². The van der Waals surface area contributed by atoms with Gasteiger partial charge in [-0.05, 0) is 84.8 Å². The SMILES string of the molecule is Cc1cccc(N2C(=O)NC(=O)/C(=C\c3ccc(OCCOc4ccc(C5CCCCC5)cc4)cc3)C2=O)c1. The summed E-state index contributed by atoms with van der Waals surface area (Å²) >= 11 is 0. The van der Waals surface area contributed by atoms with Crippen LogP contribution < -0.4 is 19.7 Å². The molecule has 0 aromatic heterocycles. The Balaban J connectivity index is 1.15. The Morgan fingerprint density at radius 2 is 1.49 bits per heavy atom. The zero-order chi connectivity index (χ0) is 27.2. The number of hydrogen-bond acceptors (Lipinski definition) is 5. The second-order valence-corrected chi connectivity index (χ2v) is 9.97. The zero-order valence-electron chi connectivity index (χ0n) is 22.0. The molecule has 1 aliphatic carbocycles. The van der Waals surface area contributed by atoms with E-state index in [2.05, 4.69) is 17.4 Å². The number of carbonyl (C=O) groups is 3. The van der Waals surface area contributed by atoms with E-state index in [1.807, 2.05) is 25.1 Å². The molecule has 2 fully saturated rings. The number of hydrogen-bond donors (Lipinski definition) is 1. The van der Waals surface area contributed by atoms with Gasteiger partial charge in [-0.25, -0.2) is 9.69 Å². The first-order valence-electron chi connectivity index (χ1n) is 13.4. The van der Waals surface area contributed by atoms with E-state index in [4.69, 9.17) is 9.47 Å². The van der Waals surface area contributed by atoms with Crippen molar-refractivity contribution in [3.8, 4) is 11.5 Å². The van der Waals surface area contributed by atoms with Crippen molar-refractivity contribution in [1.82, 2.24) is 5.32 Å². The Hall–Kier alpha value is -4.39. The molecule has 1 N–H and O–H groups in total. The first-order valence-corrected chi connectivity index (χ1v) is 13.4. The number of nitrogens with one attached hydrogen (secondary N) is 1. The van der Waals surface area contributed by atoms with Crippen molar-refractivity contribution in [2.45, 2.75) is 44.9 Å². The quantitative estimate of drug-likeness (QED) is 0.217. The molecule has 1 saturated carbocycles. The second kappa shape index (κ2) is 12.0. The molecule has 39 heavy (non-hydrogen) atoms. The number of barbiturate groups is 1. The van der Waals surface area contributed by atoms with Crippen molar-refractivity contribution in [2.24, 2.45) is 0 Å². The third-order valence-corrected chi connectivity index (χ3v) is 7.13. The largest absolute Gasteiger partial charge is 0.490 e. The Morgan fingerprint density at radius 3 is 2.13 bits per heavy atom. The maximum absolute atomic E-state index is 13.1. The van der Waals surface area contributed by atoms with E-state index in [0.717, 1.165) is 16.2 Å². The van der Waals surface area contributed by atoms with Crippen LogP contribution >= 0.6 is 0 Å². The minimum absolute atomic E-state index is 0.118. The van der Waals surface area contributed by atoms with Crippen LogP contribution in [-0.2, 0) is 9.59 Å². The minimum atomic E-state index is -0.765. The van der Waals surface area contributed by atoms with Gasteiger partial charge >= 0.3 is 6.03 Å². The van der Waals surface area contributed by atoms with E-state index >= 15 is 0 Å². The highest BCUT2D eigenvalue weighted by Gasteiger charge is 2.36. The summed E-state index contributed by atoms with van der Waals surface area (Å²) in [5.74, 6) is 0.754. The molecule has 200 valence electrons. The van der Waals surface area contributed by atoms with Gasteiger partial charge in [-0.15, -0.1) is 0 Å². The standard InChI is InChI=1S/C32H32N2O5/c1-22-6-5-9-26(20-22)34-31(36)29(30(35)33-32(34)37)21-23-10-14-27(15-11-23)38-18-19-39-28-16-12-25(13-17-28)24-7-3-2-4-8-24/h5-6,9-17,20-21,24H,2-4,7-8,18-19H2,1H3,(H,33,35,37)/b29-21+. The predicted octanol–water partition coefficient (Wildman–Crippen LogP) is 6.17. The molecule has 0 bridgehead atoms. The number of nitrogens with zero attached hydrogens (tertiary/aromatic N) is 1. The van der Waals surface area contributed by atoms with Gasteiger partial charge in [0.25, 0.3) is 11.8 Å². The van der Waals surface area contributed by atoms with Gasteiger partial charge in [0, 0.05) is 0 Å². The summed E-state index contributed by atoms with van der Waals surface area (Å²) in [6.45, 7) is 2.65. The van der Waals surface area contributed by atoms with Crippen molar-refractivity contribution in [1.29, 1.82) is 0 Å². The topological polar surface area (TPSA) is 84.9 Å². The maximum Gasteiger partial charge on any atom is 0.335 e. The third-order valence-electron chi connectivity index (χ3n) is 7.13. The first-order chi connectivity index (χ1) is 19.0. The number of amides is 4. The Morgan fingerprint density at radius 1 is 0.846 bits per heavy atom. The van der Waals surface area contributed by atoms with Crippen molar-refractivity contribution in [2.75, 3.05) is 18.1 Å². The first kappa shape index (κ1) is 26.2. The fourth-order valence-electron chi connectivity index (χ4n) is 5.08. The van der Waals surface area contributed by atoms with E-state index in [1.165, 1.54) is 43.7 Å². The van der Waals surface area contributed by atoms with Crippen LogP contribution in [0, 0.1) is 6.92 Å². The number of rotatable bonds is 8. The number of anilines is 1. The molecule has 0 radical (unpaired) electrons. The molecule has 1 aliphatic heterocycles. The van der Waals surface area contributed by atoms with Gasteiger partial charge in [-0.3, -0.25) is 14.9 Å². The van der Waals surface area contributed by atoms with Crippen LogP contribution in [0.3, 0.4) is 0 Å². The maximum atomic E-state index is 13.1. The molecule has 4 amide bonds. The highest BCUT2D eigenvalue weighted by molar-refractivity contribution is 6.39. The average Bonchev–Trinajstić information content (AvgIpc) is 2.95. The smallest absolute Gasteiger partial charge is 0.335 e. The monoisotopic (exact) mass is 524 g/mol. The molecule has 2 aliphatic rings. The number of ether oxygens (including phenoxy) is 2. The number of aryl methyl sites for hydroxylation is 1. The molecule has 7 nitrogen and oxygen atoms in total. The van der Waals surface area contributed by atoms with Crippen LogP contribution in [0.1, 0.15) is 54.7 Å². The van der Waals surface area contributed by atoms with Gasteiger partial charge in [0.15, 0.2) is 0 Å². The normalized spacial score (nSPS) is 17.3. The zero-order valence-corrected chi connectivity index (χ0v) is 22.0. The summed E-state index contributed by atoms with van der Waals surface area (Å²) < 4.78 is 11.6.